The van der Waals surface area contributed by atoms with E-state index in [0.717, 1.165) is 0 Å². The fraction of sp³-hybridized carbons (Fsp3) is 0.438. The highest BCUT2D eigenvalue weighted by atomic mass is 19.2. The van der Waals surface area contributed by atoms with E-state index in [0.29, 0.717) is 0 Å². The monoisotopic (exact) mass is 350 g/mol. The predicted octanol–water partition coefficient (Wildman–Crippen LogP) is 3.53. The fourth-order valence-corrected chi connectivity index (χ4v) is 2.79. The molecule has 2 atom stereocenters. The van der Waals surface area contributed by atoms with Crippen LogP contribution < -0.4 is 0 Å². The smallest absolute Gasteiger partial charge is 0.310 e. The van der Waals surface area contributed by atoms with Gasteiger partial charge in [-0.15, -0.1) is 0 Å². The van der Waals surface area contributed by atoms with Crippen LogP contribution in [0.2, 0.25) is 0 Å². The number of carbonyl (C=O) groups is 1. The van der Waals surface area contributed by atoms with Crippen molar-refractivity contribution in [2.24, 2.45) is 17.3 Å². The van der Waals surface area contributed by atoms with Crippen LogP contribution in [-0.4, -0.2) is 11.1 Å². The number of ether oxygens (including phenoxy) is 1. The van der Waals surface area contributed by atoms with E-state index < -0.39 is 70.8 Å². The van der Waals surface area contributed by atoms with Gasteiger partial charge < -0.3 is 9.84 Å². The van der Waals surface area contributed by atoms with E-state index in [1.54, 1.807) is 13.8 Å². The van der Waals surface area contributed by atoms with Gasteiger partial charge in [0.1, 0.15) is 6.61 Å². The summed E-state index contributed by atoms with van der Waals surface area (Å²) in [6, 6.07) is 0. The molecule has 1 N–H and O–H groups in total. The van der Waals surface area contributed by atoms with Crippen molar-refractivity contribution in [2.75, 3.05) is 0 Å². The molecule has 1 aliphatic rings. The van der Waals surface area contributed by atoms with Crippen LogP contribution in [0.25, 0.3) is 0 Å². The molecule has 0 heterocycles. The number of rotatable bonds is 5. The number of aliphatic hydroxyl groups excluding tert-OH is 1. The number of aliphatic hydroxyl groups is 1. The molecule has 0 amide bonds. The predicted molar refractivity (Wildman–Crippen MR) is 73.0 cm³/mol. The Bertz CT molecular complexity index is 670. The summed E-state index contributed by atoms with van der Waals surface area (Å²) in [5, 5.41) is 8.74. The molecule has 0 aliphatic heterocycles. The Morgan fingerprint density at radius 1 is 1.12 bits per heavy atom. The maximum absolute atomic E-state index is 13.8. The first kappa shape index (κ1) is 18.4. The topological polar surface area (TPSA) is 46.5 Å². The standard InChI is InChI=1S/C16H15F5O3/c1-16(2)9(3-4-17)10(16)15(23)24-6-8-13(20)11(18)7(5-22)12(19)14(8)21/h3-4,9-10,22H,5-6H2,1-2H3/b4-3+/t9-,10+/m0/s1. The molecular formula is C16H15F5O3. The van der Waals surface area contributed by atoms with E-state index in [1.807, 2.05) is 0 Å². The van der Waals surface area contributed by atoms with E-state index in [4.69, 9.17) is 9.84 Å². The first-order chi connectivity index (χ1) is 11.2. The molecule has 1 fully saturated rings. The summed E-state index contributed by atoms with van der Waals surface area (Å²) >= 11 is 0. The zero-order valence-corrected chi connectivity index (χ0v) is 12.9. The number of halogens is 5. The normalized spacial score (nSPS) is 22.0. The molecule has 1 aromatic carbocycles. The van der Waals surface area contributed by atoms with Crippen molar-refractivity contribution in [2.45, 2.75) is 27.1 Å². The van der Waals surface area contributed by atoms with Crippen molar-refractivity contribution in [3.8, 4) is 0 Å². The first-order valence-electron chi connectivity index (χ1n) is 7.06. The summed E-state index contributed by atoms with van der Waals surface area (Å²) in [6.07, 6.45) is 1.46. The van der Waals surface area contributed by atoms with E-state index >= 15 is 0 Å². The van der Waals surface area contributed by atoms with E-state index in [2.05, 4.69) is 0 Å². The number of hydrogen-bond donors (Lipinski definition) is 1. The zero-order valence-electron chi connectivity index (χ0n) is 12.9. The van der Waals surface area contributed by atoms with Gasteiger partial charge in [-0.25, -0.2) is 22.0 Å². The molecule has 1 aromatic rings. The highest BCUT2D eigenvalue weighted by Gasteiger charge is 2.61. The van der Waals surface area contributed by atoms with Gasteiger partial charge in [0.05, 0.1) is 30.0 Å². The molecule has 8 heteroatoms. The van der Waals surface area contributed by atoms with Gasteiger partial charge in [0.15, 0.2) is 23.3 Å². The summed E-state index contributed by atoms with van der Waals surface area (Å²) in [4.78, 5) is 11.9. The lowest BCUT2D eigenvalue weighted by Gasteiger charge is -2.11. The van der Waals surface area contributed by atoms with Crippen molar-refractivity contribution in [3.63, 3.8) is 0 Å². The Hall–Kier alpha value is -1.96. The molecule has 3 nitrogen and oxygen atoms in total. The number of esters is 1. The van der Waals surface area contributed by atoms with Crippen LogP contribution in [0.15, 0.2) is 12.4 Å². The number of allylic oxidation sites excluding steroid dienone is 1. The van der Waals surface area contributed by atoms with Crippen LogP contribution in [0.5, 0.6) is 0 Å². The SMILES string of the molecule is CC1(C)[C@@H](/C=C/F)[C@@H]1C(=O)OCc1c(F)c(F)c(CO)c(F)c1F. The minimum Gasteiger partial charge on any atom is -0.460 e. The second-order valence-corrected chi connectivity index (χ2v) is 6.12. The third-order valence-electron chi connectivity index (χ3n) is 4.41. The minimum atomic E-state index is -1.74. The average molecular weight is 350 g/mol. The average Bonchev–Trinajstić information content (AvgIpc) is 3.07. The summed E-state index contributed by atoms with van der Waals surface area (Å²) < 4.78 is 71.6. The molecule has 2 rings (SSSR count). The van der Waals surface area contributed by atoms with Crippen LogP contribution in [0.1, 0.15) is 25.0 Å². The Labute approximate surface area is 134 Å². The first-order valence-corrected chi connectivity index (χ1v) is 7.06. The van der Waals surface area contributed by atoms with Gasteiger partial charge >= 0.3 is 5.97 Å². The largest absolute Gasteiger partial charge is 0.460 e. The lowest BCUT2D eigenvalue weighted by Crippen LogP contribution is -2.14. The number of hydrogen-bond acceptors (Lipinski definition) is 3. The molecule has 1 aliphatic carbocycles. The van der Waals surface area contributed by atoms with Crippen LogP contribution in [0.3, 0.4) is 0 Å². The Morgan fingerprint density at radius 2 is 1.62 bits per heavy atom. The van der Waals surface area contributed by atoms with Gasteiger partial charge in [-0.3, -0.25) is 4.79 Å². The third kappa shape index (κ3) is 2.90. The third-order valence-corrected chi connectivity index (χ3v) is 4.41. The van der Waals surface area contributed by atoms with Gasteiger partial charge in [0.25, 0.3) is 0 Å². The van der Waals surface area contributed by atoms with Crippen molar-refractivity contribution < 1.29 is 36.6 Å². The zero-order chi connectivity index (χ0) is 18.2. The van der Waals surface area contributed by atoms with E-state index in [9.17, 15) is 26.7 Å². The molecule has 0 radical (unpaired) electrons. The van der Waals surface area contributed by atoms with Crippen molar-refractivity contribution >= 4 is 5.97 Å². The van der Waals surface area contributed by atoms with Crippen LogP contribution >= 0.6 is 0 Å². The molecule has 132 valence electrons. The highest BCUT2D eigenvalue weighted by molar-refractivity contribution is 5.78. The fourth-order valence-electron chi connectivity index (χ4n) is 2.79. The molecule has 1 saturated carbocycles. The van der Waals surface area contributed by atoms with Gasteiger partial charge in [-0.1, -0.05) is 19.9 Å². The molecule has 24 heavy (non-hydrogen) atoms. The van der Waals surface area contributed by atoms with Crippen LogP contribution in [-0.2, 0) is 22.7 Å². The maximum atomic E-state index is 13.8. The van der Waals surface area contributed by atoms with E-state index in [-0.39, 0.29) is 6.33 Å². The Balaban J connectivity index is 2.18. The molecule has 0 unspecified atom stereocenters. The van der Waals surface area contributed by atoms with E-state index in [1.165, 1.54) is 6.08 Å². The molecule has 0 spiro atoms. The highest BCUT2D eigenvalue weighted by Crippen LogP contribution is 2.59. The summed E-state index contributed by atoms with van der Waals surface area (Å²) in [5.74, 6) is -8.96. The van der Waals surface area contributed by atoms with Crippen molar-refractivity contribution in [3.05, 3.63) is 46.8 Å². The molecular weight excluding hydrogens is 335 g/mol. The Morgan fingerprint density at radius 3 is 2.08 bits per heavy atom. The summed E-state index contributed by atoms with van der Waals surface area (Å²) in [5.41, 5.74) is -2.82. The second kappa shape index (κ2) is 6.51. The maximum Gasteiger partial charge on any atom is 0.310 e. The lowest BCUT2D eigenvalue weighted by atomic mass is 10.1. The van der Waals surface area contributed by atoms with Gasteiger partial charge in [0.2, 0.25) is 0 Å². The quantitative estimate of drug-likeness (QED) is 0.502. The summed E-state index contributed by atoms with van der Waals surface area (Å²) in [7, 11) is 0. The lowest BCUT2D eigenvalue weighted by molar-refractivity contribution is -0.147. The summed E-state index contributed by atoms with van der Waals surface area (Å²) in [6.45, 7) is 1.12. The van der Waals surface area contributed by atoms with Crippen LogP contribution in [0, 0.1) is 40.5 Å². The molecule has 0 saturated heterocycles. The van der Waals surface area contributed by atoms with Gasteiger partial charge in [-0.2, -0.15) is 0 Å². The molecule has 0 bridgehead atoms. The van der Waals surface area contributed by atoms with Gasteiger partial charge in [-0.05, 0) is 11.3 Å². The van der Waals surface area contributed by atoms with Crippen molar-refractivity contribution in [1.82, 2.24) is 0 Å². The Kier molecular flexibility index (Phi) is 4.98. The molecule has 0 aromatic heterocycles. The van der Waals surface area contributed by atoms with Crippen molar-refractivity contribution in [1.29, 1.82) is 0 Å². The second-order valence-electron chi connectivity index (χ2n) is 6.12. The minimum absolute atomic E-state index is 0.289. The van der Waals surface area contributed by atoms with Gasteiger partial charge in [0, 0.05) is 0 Å². The number of carbonyl (C=O) groups excluding carboxylic acids is 1. The van der Waals surface area contributed by atoms with Crippen LogP contribution in [0.4, 0.5) is 22.0 Å². The number of benzene rings is 1.